The van der Waals surface area contributed by atoms with E-state index in [1.807, 2.05) is 31.3 Å². The maximum Gasteiger partial charge on any atom is 0.225 e. The van der Waals surface area contributed by atoms with Crippen molar-refractivity contribution in [3.05, 3.63) is 53.3 Å². The van der Waals surface area contributed by atoms with Gasteiger partial charge in [-0.1, -0.05) is 31.2 Å². The summed E-state index contributed by atoms with van der Waals surface area (Å²) in [4.78, 5) is 13.4. The van der Waals surface area contributed by atoms with E-state index in [1.54, 1.807) is 0 Å². The molecule has 5 heteroatoms. The van der Waals surface area contributed by atoms with Gasteiger partial charge in [0.05, 0.1) is 5.69 Å². The van der Waals surface area contributed by atoms with Crippen LogP contribution in [-0.4, -0.2) is 48.6 Å². The molecule has 0 saturated carbocycles. The van der Waals surface area contributed by atoms with Gasteiger partial charge in [-0.15, -0.1) is 0 Å². The van der Waals surface area contributed by atoms with E-state index in [0.717, 1.165) is 44.2 Å². The summed E-state index contributed by atoms with van der Waals surface area (Å²) in [6.07, 6.45) is 2.94. The van der Waals surface area contributed by atoms with Gasteiger partial charge in [0.25, 0.3) is 0 Å². The number of anilines is 1. The van der Waals surface area contributed by atoms with Gasteiger partial charge < -0.3 is 10.2 Å². The minimum Gasteiger partial charge on any atom is -0.347 e. The van der Waals surface area contributed by atoms with Crippen molar-refractivity contribution in [3.63, 3.8) is 0 Å². The van der Waals surface area contributed by atoms with Crippen LogP contribution in [-0.2, 0) is 13.0 Å². The molecule has 2 heterocycles. The second kappa shape index (κ2) is 7.73. The molecule has 1 N–H and O–H groups in total. The van der Waals surface area contributed by atoms with E-state index in [2.05, 4.69) is 51.4 Å². The number of benzene rings is 1. The van der Waals surface area contributed by atoms with E-state index in [4.69, 9.17) is 0 Å². The summed E-state index contributed by atoms with van der Waals surface area (Å²) in [5, 5.41) is 3.52. The Morgan fingerprint density at radius 3 is 2.71 bits per heavy atom. The fraction of sp³-hybridized carbons (Fsp3) is 0.474. The normalized spacial score (nSPS) is 18.5. The molecule has 128 valence electrons. The van der Waals surface area contributed by atoms with E-state index in [9.17, 15) is 0 Å². The molecule has 24 heavy (non-hydrogen) atoms. The molecule has 3 rings (SSSR count). The summed E-state index contributed by atoms with van der Waals surface area (Å²) >= 11 is 0. The Bertz CT molecular complexity index is 653. The van der Waals surface area contributed by atoms with E-state index >= 15 is 0 Å². The molecule has 1 aromatic heterocycles. The summed E-state index contributed by atoms with van der Waals surface area (Å²) in [6, 6.07) is 11.5. The van der Waals surface area contributed by atoms with Crippen molar-refractivity contribution in [2.75, 3.05) is 38.6 Å². The molecule has 0 aliphatic carbocycles. The third-order valence-corrected chi connectivity index (χ3v) is 4.59. The van der Waals surface area contributed by atoms with Gasteiger partial charge in [0, 0.05) is 52.5 Å². The van der Waals surface area contributed by atoms with Gasteiger partial charge in [0.1, 0.15) is 0 Å². The number of aryl methyl sites for hydroxylation is 1. The van der Waals surface area contributed by atoms with Crippen LogP contribution in [0.3, 0.4) is 0 Å². The molecule has 1 unspecified atom stereocenters. The Kier molecular flexibility index (Phi) is 5.43. The van der Waals surface area contributed by atoms with Crippen LogP contribution in [0.2, 0.25) is 0 Å². The van der Waals surface area contributed by atoms with Gasteiger partial charge in [-0.2, -0.15) is 0 Å². The fourth-order valence-electron chi connectivity index (χ4n) is 3.14. The highest BCUT2D eigenvalue weighted by Crippen LogP contribution is 2.24. The molecule has 1 aromatic carbocycles. The number of rotatable bonds is 5. The second-order valence-corrected chi connectivity index (χ2v) is 6.53. The summed E-state index contributed by atoms with van der Waals surface area (Å²) in [5.41, 5.74) is 3.84. The molecule has 1 saturated heterocycles. The Labute approximate surface area is 144 Å². The van der Waals surface area contributed by atoms with Crippen LogP contribution in [0.4, 0.5) is 5.95 Å². The predicted octanol–water partition coefficient (Wildman–Crippen LogP) is 2.25. The Balaban J connectivity index is 1.78. The summed E-state index contributed by atoms with van der Waals surface area (Å²) in [7, 11) is 3.95. The Hall–Kier alpha value is -1.98. The van der Waals surface area contributed by atoms with E-state index in [1.165, 1.54) is 11.1 Å². The van der Waals surface area contributed by atoms with Crippen LogP contribution < -0.4 is 10.2 Å². The van der Waals surface area contributed by atoms with Gasteiger partial charge in [0.15, 0.2) is 0 Å². The highest BCUT2D eigenvalue weighted by Gasteiger charge is 2.24. The maximum atomic E-state index is 4.67. The molecule has 0 radical (unpaired) electrons. The van der Waals surface area contributed by atoms with E-state index in [-0.39, 0.29) is 0 Å². The zero-order valence-electron chi connectivity index (χ0n) is 14.9. The topological polar surface area (TPSA) is 44.3 Å². The summed E-state index contributed by atoms with van der Waals surface area (Å²) in [5.74, 6) is 0.770. The van der Waals surface area contributed by atoms with E-state index < -0.39 is 0 Å². The first-order valence-electron chi connectivity index (χ1n) is 8.70. The predicted molar refractivity (Wildman–Crippen MR) is 98.2 cm³/mol. The first-order valence-corrected chi connectivity index (χ1v) is 8.70. The quantitative estimate of drug-likeness (QED) is 0.913. The highest BCUT2D eigenvalue weighted by atomic mass is 15.2. The average Bonchev–Trinajstić information content (AvgIpc) is 2.62. The standard InChI is InChI=1S/C19H27N5/c1-4-15-5-7-16(8-6-15)18-13-20-11-12-24(18)14-17-9-10-21-19(22-17)23(2)3/h5-10,18,20H,4,11-14H2,1-3H3. The molecule has 1 fully saturated rings. The number of nitrogens with zero attached hydrogens (tertiary/aromatic N) is 4. The van der Waals surface area contributed by atoms with Crippen LogP contribution in [0.1, 0.15) is 29.8 Å². The van der Waals surface area contributed by atoms with Crippen molar-refractivity contribution in [1.29, 1.82) is 0 Å². The number of piperazine rings is 1. The summed E-state index contributed by atoms with van der Waals surface area (Å²) in [6.45, 7) is 6.08. The number of hydrogen-bond acceptors (Lipinski definition) is 5. The third-order valence-electron chi connectivity index (χ3n) is 4.59. The van der Waals surface area contributed by atoms with E-state index in [0.29, 0.717) is 6.04 Å². The lowest BCUT2D eigenvalue weighted by atomic mass is 10.0. The first-order chi connectivity index (χ1) is 11.7. The molecule has 1 atom stereocenters. The Morgan fingerprint density at radius 1 is 1.21 bits per heavy atom. The van der Waals surface area contributed by atoms with Crippen molar-refractivity contribution >= 4 is 5.95 Å². The monoisotopic (exact) mass is 325 g/mol. The van der Waals surface area contributed by atoms with Gasteiger partial charge in [-0.25, -0.2) is 9.97 Å². The summed E-state index contributed by atoms with van der Waals surface area (Å²) < 4.78 is 0. The zero-order valence-corrected chi connectivity index (χ0v) is 14.9. The molecular weight excluding hydrogens is 298 g/mol. The lowest BCUT2D eigenvalue weighted by Gasteiger charge is -2.36. The molecular formula is C19H27N5. The molecule has 1 aliphatic rings. The van der Waals surface area contributed by atoms with Gasteiger partial charge in [-0.05, 0) is 23.6 Å². The molecule has 0 spiro atoms. The van der Waals surface area contributed by atoms with Crippen molar-refractivity contribution in [3.8, 4) is 0 Å². The van der Waals surface area contributed by atoms with Crippen molar-refractivity contribution in [2.24, 2.45) is 0 Å². The van der Waals surface area contributed by atoms with Crippen LogP contribution in [0.15, 0.2) is 36.5 Å². The maximum absolute atomic E-state index is 4.67. The molecule has 0 bridgehead atoms. The van der Waals surface area contributed by atoms with Crippen molar-refractivity contribution in [1.82, 2.24) is 20.2 Å². The fourth-order valence-corrected chi connectivity index (χ4v) is 3.14. The highest BCUT2D eigenvalue weighted by molar-refractivity contribution is 5.28. The zero-order chi connectivity index (χ0) is 16.9. The van der Waals surface area contributed by atoms with Crippen molar-refractivity contribution in [2.45, 2.75) is 25.9 Å². The lowest BCUT2D eigenvalue weighted by molar-refractivity contribution is 0.152. The minimum atomic E-state index is 0.391. The lowest BCUT2D eigenvalue weighted by Crippen LogP contribution is -2.45. The minimum absolute atomic E-state index is 0.391. The first kappa shape index (κ1) is 16.9. The smallest absolute Gasteiger partial charge is 0.225 e. The van der Waals surface area contributed by atoms with Crippen molar-refractivity contribution < 1.29 is 0 Å². The van der Waals surface area contributed by atoms with Crippen LogP contribution >= 0.6 is 0 Å². The SMILES string of the molecule is CCc1ccc(C2CNCCN2Cc2ccnc(N(C)C)n2)cc1. The van der Waals surface area contributed by atoms with Gasteiger partial charge in [-0.3, -0.25) is 4.90 Å². The van der Waals surface area contributed by atoms with Crippen LogP contribution in [0.5, 0.6) is 0 Å². The van der Waals surface area contributed by atoms with Crippen LogP contribution in [0.25, 0.3) is 0 Å². The molecule has 5 nitrogen and oxygen atoms in total. The molecule has 0 amide bonds. The number of aromatic nitrogens is 2. The molecule has 1 aliphatic heterocycles. The Morgan fingerprint density at radius 2 is 2.00 bits per heavy atom. The number of nitrogens with one attached hydrogen (secondary N) is 1. The van der Waals surface area contributed by atoms with Gasteiger partial charge in [0.2, 0.25) is 5.95 Å². The average molecular weight is 325 g/mol. The van der Waals surface area contributed by atoms with Gasteiger partial charge >= 0.3 is 0 Å². The van der Waals surface area contributed by atoms with Crippen LogP contribution in [0, 0.1) is 0 Å². The number of hydrogen-bond donors (Lipinski definition) is 1. The second-order valence-electron chi connectivity index (χ2n) is 6.53. The third kappa shape index (κ3) is 3.91. The molecule has 2 aromatic rings. The largest absolute Gasteiger partial charge is 0.347 e.